The molecule has 0 saturated carbocycles. The first kappa shape index (κ1) is 23.9. The third-order valence-electron chi connectivity index (χ3n) is 5.28. The van der Waals surface area contributed by atoms with Gasteiger partial charge in [0.05, 0.1) is 20.6 Å². The van der Waals surface area contributed by atoms with Crippen LogP contribution in [0, 0.1) is 0 Å². The molecule has 3 rings (SSSR count). The molecule has 1 atom stereocenters. The number of rotatable bonds is 10. The highest BCUT2D eigenvalue weighted by Crippen LogP contribution is 2.15. The molecule has 3 aromatic rings. The fourth-order valence-corrected chi connectivity index (χ4v) is 3.48. The summed E-state index contributed by atoms with van der Waals surface area (Å²) in [6, 6.07) is 22.5. The molecule has 0 aromatic heterocycles. The Morgan fingerprint density at radius 2 is 1.48 bits per heavy atom. The zero-order chi connectivity index (χ0) is 23.6. The lowest BCUT2D eigenvalue weighted by atomic mass is 10.1. The van der Waals surface area contributed by atoms with E-state index in [1.165, 1.54) is 0 Å². The van der Waals surface area contributed by atoms with E-state index in [2.05, 4.69) is 10.6 Å². The predicted octanol–water partition coefficient (Wildman–Crippen LogP) is 3.92. The Morgan fingerprint density at radius 1 is 0.818 bits per heavy atom. The van der Waals surface area contributed by atoms with Crippen LogP contribution in [0.4, 0.5) is 0 Å². The first-order valence-electron chi connectivity index (χ1n) is 10.9. The van der Waals surface area contributed by atoms with Gasteiger partial charge in [-0.15, -0.1) is 0 Å². The van der Waals surface area contributed by atoms with E-state index in [0.29, 0.717) is 24.9 Å². The van der Waals surface area contributed by atoms with E-state index in [1.807, 2.05) is 67.6 Å². The molecule has 0 aliphatic rings. The lowest BCUT2D eigenvalue weighted by molar-refractivity contribution is -0.120. The Balaban J connectivity index is 1.46. The maximum absolute atomic E-state index is 12.6. The van der Waals surface area contributed by atoms with Gasteiger partial charge in [-0.05, 0) is 66.4 Å². The molecule has 0 radical (unpaired) electrons. The second-order valence-corrected chi connectivity index (χ2v) is 7.93. The first-order valence-corrected chi connectivity index (χ1v) is 10.9. The molecule has 2 amide bonds. The van der Waals surface area contributed by atoms with Crippen molar-refractivity contribution in [3.8, 4) is 11.5 Å². The summed E-state index contributed by atoms with van der Waals surface area (Å²) in [5.74, 6) is 1.38. The number of carbonyl (C=O) groups is 2. The summed E-state index contributed by atoms with van der Waals surface area (Å²) in [6.45, 7) is 2.38. The summed E-state index contributed by atoms with van der Waals surface area (Å²) in [5, 5.41) is 5.94. The van der Waals surface area contributed by atoms with Crippen molar-refractivity contribution >= 4 is 11.8 Å². The van der Waals surface area contributed by atoms with E-state index >= 15 is 0 Å². The van der Waals surface area contributed by atoms with Crippen LogP contribution in [0.2, 0.25) is 0 Å². The van der Waals surface area contributed by atoms with Crippen LogP contribution in [0.15, 0.2) is 72.8 Å². The van der Waals surface area contributed by atoms with Crippen LogP contribution in [0.5, 0.6) is 11.5 Å². The first-order chi connectivity index (χ1) is 16.0. The SMILES string of the molecule is COc1ccc(CC(=O)NCc2ccc(C(=O)NC(C)Cc3cccc(OC)c3)cc2)cc1. The van der Waals surface area contributed by atoms with Crippen LogP contribution in [0.1, 0.15) is 34.0 Å². The summed E-state index contributed by atoms with van der Waals surface area (Å²) < 4.78 is 10.4. The van der Waals surface area contributed by atoms with E-state index in [0.717, 1.165) is 28.2 Å². The van der Waals surface area contributed by atoms with Crippen molar-refractivity contribution in [1.82, 2.24) is 10.6 Å². The minimum atomic E-state index is -0.125. The molecule has 0 bridgehead atoms. The number of methoxy groups -OCH3 is 2. The Morgan fingerprint density at radius 3 is 2.15 bits per heavy atom. The van der Waals surface area contributed by atoms with Gasteiger partial charge in [-0.25, -0.2) is 0 Å². The molecule has 0 spiro atoms. The minimum Gasteiger partial charge on any atom is -0.497 e. The number of nitrogens with one attached hydrogen (secondary N) is 2. The largest absolute Gasteiger partial charge is 0.497 e. The van der Waals surface area contributed by atoms with Gasteiger partial charge in [0.2, 0.25) is 5.91 Å². The highest BCUT2D eigenvalue weighted by atomic mass is 16.5. The molecule has 2 N–H and O–H groups in total. The number of amides is 2. The number of ether oxygens (including phenoxy) is 2. The molecular weight excluding hydrogens is 416 g/mol. The van der Waals surface area contributed by atoms with Crippen molar-refractivity contribution in [2.24, 2.45) is 0 Å². The smallest absolute Gasteiger partial charge is 0.251 e. The van der Waals surface area contributed by atoms with E-state index in [1.54, 1.807) is 26.4 Å². The highest BCUT2D eigenvalue weighted by molar-refractivity contribution is 5.94. The molecule has 0 heterocycles. The standard InChI is InChI=1S/C27H30N2O4/c1-19(15-22-5-4-6-25(16-22)33-3)29-27(31)23-11-7-21(8-12-23)18-28-26(30)17-20-9-13-24(32-2)14-10-20/h4-14,16,19H,15,17-18H2,1-3H3,(H,28,30)(H,29,31). The van der Waals surface area contributed by atoms with Crippen molar-refractivity contribution in [2.75, 3.05) is 14.2 Å². The molecular formula is C27H30N2O4. The van der Waals surface area contributed by atoms with Gasteiger partial charge in [-0.1, -0.05) is 36.4 Å². The normalized spacial score (nSPS) is 11.4. The summed E-state index contributed by atoms with van der Waals surface area (Å²) in [6.07, 6.45) is 1.01. The summed E-state index contributed by atoms with van der Waals surface area (Å²) >= 11 is 0. The van der Waals surface area contributed by atoms with Crippen LogP contribution in [-0.2, 0) is 24.2 Å². The molecule has 0 fully saturated rings. The van der Waals surface area contributed by atoms with Gasteiger partial charge in [0, 0.05) is 18.2 Å². The quantitative estimate of drug-likeness (QED) is 0.495. The zero-order valence-electron chi connectivity index (χ0n) is 19.3. The van der Waals surface area contributed by atoms with Crippen LogP contribution < -0.4 is 20.1 Å². The molecule has 6 nitrogen and oxygen atoms in total. The Bertz CT molecular complexity index is 1060. The Kier molecular flexibility index (Phi) is 8.47. The third kappa shape index (κ3) is 7.38. The minimum absolute atomic E-state index is 0.0264. The van der Waals surface area contributed by atoms with Gasteiger partial charge in [0.25, 0.3) is 5.91 Å². The van der Waals surface area contributed by atoms with Gasteiger partial charge in [0.15, 0.2) is 0 Å². The van der Waals surface area contributed by atoms with Crippen LogP contribution in [0.3, 0.4) is 0 Å². The number of benzene rings is 3. The molecule has 33 heavy (non-hydrogen) atoms. The van der Waals surface area contributed by atoms with Gasteiger partial charge in [0.1, 0.15) is 11.5 Å². The molecule has 6 heteroatoms. The van der Waals surface area contributed by atoms with Crippen molar-refractivity contribution in [1.29, 1.82) is 0 Å². The molecule has 3 aromatic carbocycles. The summed E-state index contributed by atoms with van der Waals surface area (Å²) in [4.78, 5) is 24.8. The van der Waals surface area contributed by atoms with Crippen molar-refractivity contribution in [3.05, 3.63) is 95.1 Å². The highest BCUT2D eigenvalue weighted by Gasteiger charge is 2.11. The van der Waals surface area contributed by atoms with Crippen LogP contribution in [0.25, 0.3) is 0 Å². The van der Waals surface area contributed by atoms with Crippen LogP contribution >= 0.6 is 0 Å². The topological polar surface area (TPSA) is 76.7 Å². The number of carbonyl (C=O) groups excluding carboxylic acids is 2. The maximum atomic E-state index is 12.6. The van der Waals surface area contributed by atoms with Gasteiger partial charge < -0.3 is 20.1 Å². The fourth-order valence-electron chi connectivity index (χ4n) is 3.48. The van der Waals surface area contributed by atoms with Crippen molar-refractivity contribution < 1.29 is 19.1 Å². The van der Waals surface area contributed by atoms with E-state index < -0.39 is 0 Å². The van der Waals surface area contributed by atoms with E-state index in [9.17, 15) is 9.59 Å². The van der Waals surface area contributed by atoms with Crippen LogP contribution in [-0.4, -0.2) is 32.1 Å². The third-order valence-corrected chi connectivity index (χ3v) is 5.28. The predicted molar refractivity (Wildman–Crippen MR) is 129 cm³/mol. The number of hydrogen-bond donors (Lipinski definition) is 2. The average Bonchev–Trinajstić information content (AvgIpc) is 2.83. The van der Waals surface area contributed by atoms with Gasteiger partial charge in [-0.2, -0.15) is 0 Å². The summed E-state index contributed by atoms with van der Waals surface area (Å²) in [5.41, 5.74) is 3.53. The van der Waals surface area contributed by atoms with Gasteiger partial charge >= 0.3 is 0 Å². The average molecular weight is 447 g/mol. The molecule has 1 unspecified atom stereocenters. The van der Waals surface area contributed by atoms with E-state index in [4.69, 9.17) is 9.47 Å². The molecule has 0 saturated heterocycles. The molecule has 172 valence electrons. The van der Waals surface area contributed by atoms with E-state index in [-0.39, 0.29) is 17.9 Å². The Labute approximate surface area is 194 Å². The molecule has 0 aliphatic carbocycles. The maximum Gasteiger partial charge on any atom is 0.251 e. The van der Waals surface area contributed by atoms with Gasteiger partial charge in [-0.3, -0.25) is 9.59 Å². The monoisotopic (exact) mass is 446 g/mol. The number of hydrogen-bond acceptors (Lipinski definition) is 4. The molecule has 0 aliphatic heterocycles. The zero-order valence-corrected chi connectivity index (χ0v) is 19.3. The second kappa shape index (κ2) is 11.7. The Hall–Kier alpha value is -3.80. The lowest BCUT2D eigenvalue weighted by Crippen LogP contribution is -2.34. The van der Waals surface area contributed by atoms with Crippen molar-refractivity contribution in [3.63, 3.8) is 0 Å². The fraction of sp³-hybridized carbons (Fsp3) is 0.259. The lowest BCUT2D eigenvalue weighted by Gasteiger charge is -2.15. The van der Waals surface area contributed by atoms with Crippen molar-refractivity contribution in [2.45, 2.75) is 32.4 Å². The summed E-state index contributed by atoms with van der Waals surface area (Å²) in [7, 11) is 3.25. The second-order valence-electron chi connectivity index (χ2n) is 7.93.